The Morgan fingerprint density at radius 1 is 1.27 bits per heavy atom. The molecular formula is C7H5ClN2S. The van der Waals surface area contributed by atoms with Crippen LogP contribution in [0.4, 0.5) is 0 Å². The van der Waals surface area contributed by atoms with Gasteiger partial charge in [-0.1, -0.05) is 11.6 Å². The van der Waals surface area contributed by atoms with Gasteiger partial charge in [0, 0.05) is 5.02 Å². The first-order valence-electron chi connectivity index (χ1n) is 3.16. The summed E-state index contributed by atoms with van der Waals surface area (Å²) in [6, 6.07) is 3.79. The lowest BCUT2D eigenvalue weighted by Crippen LogP contribution is -1.75. The summed E-state index contributed by atoms with van der Waals surface area (Å²) in [5, 5.41) is 0.755. The van der Waals surface area contributed by atoms with Crippen molar-refractivity contribution in [1.29, 1.82) is 0 Å². The summed E-state index contributed by atoms with van der Waals surface area (Å²) in [5.74, 6) is 0. The molecule has 4 heteroatoms. The highest BCUT2D eigenvalue weighted by molar-refractivity contribution is 7.00. The van der Waals surface area contributed by atoms with E-state index in [9.17, 15) is 0 Å². The van der Waals surface area contributed by atoms with Gasteiger partial charge in [0.15, 0.2) is 0 Å². The van der Waals surface area contributed by atoms with E-state index >= 15 is 0 Å². The Morgan fingerprint density at radius 3 is 2.64 bits per heavy atom. The highest BCUT2D eigenvalue weighted by Gasteiger charge is 2.01. The van der Waals surface area contributed by atoms with Gasteiger partial charge in [-0.15, -0.1) is 0 Å². The van der Waals surface area contributed by atoms with Gasteiger partial charge in [0.25, 0.3) is 0 Å². The number of aromatic nitrogens is 2. The number of hydrogen-bond acceptors (Lipinski definition) is 3. The van der Waals surface area contributed by atoms with Crippen molar-refractivity contribution in [2.45, 2.75) is 6.92 Å². The monoisotopic (exact) mass is 184 g/mol. The first-order chi connectivity index (χ1) is 5.27. The highest BCUT2D eigenvalue weighted by atomic mass is 35.5. The van der Waals surface area contributed by atoms with Gasteiger partial charge in [-0.25, -0.2) is 0 Å². The van der Waals surface area contributed by atoms with Gasteiger partial charge in [0.2, 0.25) is 0 Å². The number of benzene rings is 1. The molecule has 0 radical (unpaired) electrons. The fourth-order valence-corrected chi connectivity index (χ4v) is 1.58. The summed E-state index contributed by atoms with van der Waals surface area (Å²) in [6.45, 7) is 1.96. The summed E-state index contributed by atoms with van der Waals surface area (Å²) in [4.78, 5) is 0. The Balaban J connectivity index is 2.86. The summed E-state index contributed by atoms with van der Waals surface area (Å²) >= 11 is 7.09. The van der Waals surface area contributed by atoms with Gasteiger partial charge < -0.3 is 0 Å². The zero-order chi connectivity index (χ0) is 7.84. The number of rotatable bonds is 0. The van der Waals surface area contributed by atoms with Crippen LogP contribution in [-0.2, 0) is 0 Å². The van der Waals surface area contributed by atoms with Crippen LogP contribution in [0.25, 0.3) is 11.0 Å². The molecule has 11 heavy (non-hydrogen) atoms. The number of halogens is 1. The zero-order valence-electron chi connectivity index (χ0n) is 5.84. The van der Waals surface area contributed by atoms with E-state index in [-0.39, 0.29) is 0 Å². The van der Waals surface area contributed by atoms with E-state index in [2.05, 4.69) is 8.75 Å². The van der Waals surface area contributed by atoms with Crippen molar-refractivity contribution in [2.24, 2.45) is 0 Å². The molecular weight excluding hydrogens is 180 g/mol. The molecule has 2 rings (SSSR count). The molecule has 0 aliphatic carbocycles. The molecule has 0 fully saturated rings. The van der Waals surface area contributed by atoms with Crippen LogP contribution in [0.5, 0.6) is 0 Å². The normalized spacial score (nSPS) is 10.7. The first kappa shape index (κ1) is 7.00. The average Bonchev–Trinajstić information content (AvgIpc) is 2.36. The minimum absolute atomic E-state index is 0.755. The minimum Gasteiger partial charge on any atom is -0.173 e. The number of hydrogen-bond donors (Lipinski definition) is 0. The molecule has 2 aromatic rings. The van der Waals surface area contributed by atoms with E-state index in [1.807, 2.05) is 19.1 Å². The van der Waals surface area contributed by atoms with Crippen molar-refractivity contribution in [3.63, 3.8) is 0 Å². The third-order valence-corrected chi connectivity index (χ3v) is 2.50. The Morgan fingerprint density at radius 2 is 1.91 bits per heavy atom. The van der Waals surface area contributed by atoms with Crippen molar-refractivity contribution < 1.29 is 0 Å². The molecule has 0 unspecified atom stereocenters. The van der Waals surface area contributed by atoms with Crippen LogP contribution in [0.3, 0.4) is 0 Å². The molecule has 56 valence electrons. The fraction of sp³-hybridized carbons (Fsp3) is 0.143. The summed E-state index contributed by atoms with van der Waals surface area (Å²) in [6.07, 6.45) is 0. The Hall–Kier alpha value is -0.670. The summed E-state index contributed by atoms with van der Waals surface area (Å²) in [7, 11) is 0. The SMILES string of the molecule is Cc1cc2nsnc2cc1Cl. The maximum absolute atomic E-state index is 5.88. The molecule has 0 amide bonds. The van der Waals surface area contributed by atoms with Crippen LogP contribution in [0, 0.1) is 6.92 Å². The molecule has 0 saturated carbocycles. The van der Waals surface area contributed by atoms with E-state index in [0.29, 0.717) is 0 Å². The van der Waals surface area contributed by atoms with E-state index in [1.54, 1.807) is 0 Å². The standard InChI is InChI=1S/C7H5ClN2S/c1-4-2-6-7(3-5(4)8)10-11-9-6/h2-3H,1H3. The number of fused-ring (bicyclic) bond motifs is 1. The molecule has 0 aliphatic heterocycles. The third-order valence-electron chi connectivity index (χ3n) is 1.53. The van der Waals surface area contributed by atoms with Crippen LogP contribution in [0.1, 0.15) is 5.56 Å². The van der Waals surface area contributed by atoms with Crippen LogP contribution < -0.4 is 0 Å². The van der Waals surface area contributed by atoms with E-state index in [1.165, 1.54) is 11.7 Å². The van der Waals surface area contributed by atoms with Gasteiger partial charge in [0.1, 0.15) is 11.0 Å². The predicted molar refractivity (Wildman–Crippen MR) is 47.2 cm³/mol. The molecule has 2 nitrogen and oxygen atoms in total. The molecule has 1 aromatic carbocycles. The summed E-state index contributed by atoms with van der Waals surface area (Å²) < 4.78 is 8.16. The van der Waals surface area contributed by atoms with Gasteiger partial charge >= 0.3 is 0 Å². The van der Waals surface area contributed by atoms with Crippen LogP contribution >= 0.6 is 23.3 Å². The predicted octanol–water partition coefficient (Wildman–Crippen LogP) is 2.65. The lowest BCUT2D eigenvalue weighted by molar-refractivity contribution is 1.48. The van der Waals surface area contributed by atoms with Gasteiger partial charge in [-0.05, 0) is 24.6 Å². The lowest BCUT2D eigenvalue weighted by atomic mass is 10.2. The number of aryl methyl sites for hydroxylation is 1. The Bertz CT molecular complexity index is 360. The topological polar surface area (TPSA) is 25.8 Å². The maximum atomic E-state index is 5.88. The molecule has 0 saturated heterocycles. The van der Waals surface area contributed by atoms with Crippen LogP contribution in [0.15, 0.2) is 12.1 Å². The highest BCUT2D eigenvalue weighted by Crippen LogP contribution is 2.21. The molecule has 0 N–H and O–H groups in total. The molecule has 1 heterocycles. The molecule has 0 bridgehead atoms. The smallest absolute Gasteiger partial charge is 0.106 e. The van der Waals surface area contributed by atoms with Crippen molar-refractivity contribution >= 4 is 34.4 Å². The average molecular weight is 185 g/mol. The van der Waals surface area contributed by atoms with Crippen molar-refractivity contribution in [1.82, 2.24) is 8.75 Å². The van der Waals surface area contributed by atoms with Gasteiger partial charge in [-0.2, -0.15) is 8.75 Å². The zero-order valence-corrected chi connectivity index (χ0v) is 7.41. The van der Waals surface area contributed by atoms with Crippen molar-refractivity contribution in [3.8, 4) is 0 Å². The largest absolute Gasteiger partial charge is 0.173 e. The second-order valence-corrected chi connectivity index (χ2v) is 3.29. The molecule has 0 atom stereocenters. The first-order valence-corrected chi connectivity index (χ1v) is 4.26. The second-order valence-electron chi connectivity index (χ2n) is 2.35. The quantitative estimate of drug-likeness (QED) is 0.629. The Labute approximate surface area is 73.1 Å². The minimum atomic E-state index is 0.755. The number of nitrogens with zero attached hydrogens (tertiary/aromatic N) is 2. The maximum Gasteiger partial charge on any atom is 0.106 e. The van der Waals surface area contributed by atoms with Crippen molar-refractivity contribution in [2.75, 3.05) is 0 Å². The van der Waals surface area contributed by atoms with Gasteiger partial charge in [-0.3, -0.25) is 0 Å². The lowest BCUT2D eigenvalue weighted by Gasteiger charge is -1.93. The van der Waals surface area contributed by atoms with Gasteiger partial charge in [0.05, 0.1) is 11.7 Å². The molecule has 0 spiro atoms. The fourth-order valence-electron chi connectivity index (χ4n) is 0.910. The van der Waals surface area contributed by atoms with E-state index in [0.717, 1.165) is 21.6 Å². The van der Waals surface area contributed by atoms with Crippen LogP contribution in [0.2, 0.25) is 5.02 Å². The molecule has 1 aromatic heterocycles. The van der Waals surface area contributed by atoms with E-state index in [4.69, 9.17) is 11.6 Å². The summed E-state index contributed by atoms with van der Waals surface area (Å²) in [5.41, 5.74) is 2.86. The third kappa shape index (κ3) is 1.10. The Kier molecular flexibility index (Phi) is 1.55. The van der Waals surface area contributed by atoms with Crippen molar-refractivity contribution in [3.05, 3.63) is 22.7 Å². The molecule has 0 aliphatic rings. The van der Waals surface area contributed by atoms with Crippen LogP contribution in [-0.4, -0.2) is 8.75 Å². The van der Waals surface area contributed by atoms with E-state index < -0.39 is 0 Å². The second kappa shape index (κ2) is 2.43.